The van der Waals surface area contributed by atoms with Crippen molar-refractivity contribution in [1.29, 1.82) is 0 Å². The maximum atomic E-state index is 14.0. The molecule has 6 nitrogen and oxygen atoms in total. The molecule has 0 spiro atoms. The van der Waals surface area contributed by atoms with E-state index in [1.54, 1.807) is 86.7 Å². The number of anilines is 1. The molecule has 0 aromatic heterocycles. The third-order valence-corrected chi connectivity index (χ3v) is 6.33. The molecule has 1 fully saturated rings. The van der Waals surface area contributed by atoms with Gasteiger partial charge in [-0.05, 0) is 25.0 Å². The maximum absolute atomic E-state index is 14.0. The lowest BCUT2D eigenvalue weighted by molar-refractivity contribution is -0.156. The number of benzene rings is 2. The third-order valence-electron chi connectivity index (χ3n) is 6.33. The average Bonchev–Trinajstić information content (AvgIpc) is 3.01. The fourth-order valence-corrected chi connectivity index (χ4v) is 5.05. The van der Waals surface area contributed by atoms with Crippen molar-refractivity contribution < 1.29 is 23.9 Å². The normalized spacial score (nSPS) is 27.2. The molecule has 0 radical (unpaired) electrons. The number of allylic oxidation sites excluding steroid dienone is 1. The summed E-state index contributed by atoms with van der Waals surface area (Å²) in [6.07, 6.45) is 3.49. The van der Waals surface area contributed by atoms with Gasteiger partial charge in [-0.3, -0.25) is 19.3 Å². The zero-order valence-electron chi connectivity index (χ0n) is 17.4. The van der Waals surface area contributed by atoms with Crippen LogP contribution in [0, 0.1) is 11.3 Å². The van der Waals surface area contributed by atoms with Crippen molar-refractivity contribution >= 4 is 29.1 Å². The van der Waals surface area contributed by atoms with E-state index in [-0.39, 0.29) is 18.6 Å². The second kappa shape index (κ2) is 7.61. The number of hydrogen-bond acceptors (Lipinski definition) is 5. The van der Waals surface area contributed by atoms with Gasteiger partial charge in [0.1, 0.15) is 5.41 Å². The van der Waals surface area contributed by atoms with Crippen LogP contribution >= 0.6 is 0 Å². The summed E-state index contributed by atoms with van der Waals surface area (Å²) in [5, 5.41) is 0. The van der Waals surface area contributed by atoms with Crippen LogP contribution in [-0.4, -0.2) is 35.6 Å². The molecule has 1 aliphatic heterocycles. The van der Waals surface area contributed by atoms with E-state index < -0.39 is 40.3 Å². The van der Waals surface area contributed by atoms with Crippen LogP contribution < -0.4 is 4.90 Å². The highest BCUT2D eigenvalue weighted by molar-refractivity contribution is 6.53. The number of esters is 1. The van der Waals surface area contributed by atoms with Gasteiger partial charge in [0.05, 0.1) is 6.61 Å². The summed E-state index contributed by atoms with van der Waals surface area (Å²) in [7, 11) is 0. The SMILES string of the molecule is CCOC(=O)[C@@]12CC=C[C@@H](C)[C@]1(C(=O)c1ccccc1)C(=O)C(=O)N2c1ccccc1. The molecular formula is C25H23NO5. The van der Waals surface area contributed by atoms with Crippen LogP contribution in [-0.2, 0) is 19.1 Å². The fourth-order valence-electron chi connectivity index (χ4n) is 5.05. The summed E-state index contributed by atoms with van der Waals surface area (Å²) in [6.45, 7) is 3.41. The number of nitrogens with zero attached hydrogens (tertiary/aromatic N) is 1. The molecule has 0 N–H and O–H groups in total. The first-order valence-corrected chi connectivity index (χ1v) is 10.3. The molecule has 2 aliphatic rings. The highest BCUT2D eigenvalue weighted by Crippen LogP contribution is 2.57. The minimum Gasteiger partial charge on any atom is -0.464 e. The van der Waals surface area contributed by atoms with Gasteiger partial charge in [-0.25, -0.2) is 4.79 Å². The highest BCUT2D eigenvalue weighted by Gasteiger charge is 2.78. The summed E-state index contributed by atoms with van der Waals surface area (Å²) >= 11 is 0. The monoisotopic (exact) mass is 417 g/mol. The minimum atomic E-state index is -1.93. The number of ether oxygens (including phenoxy) is 1. The molecule has 6 heteroatoms. The van der Waals surface area contributed by atoms with Crippen molar-refractivity contribution in [3.05, 3.63) is 78.4 Å². The molecular weight excluding hydrogens is 394 g/mol. The number of carbonyl (C=O) groups excluding carboxylic acids is 4. The van der Waals surface area contributed by atoms with Gasteiger partial charge in [-0.2, -0.15) is 0 Å². The molecule has 0 bridgehead atoms. The van der Waals surface area contributed by atoms with E-state index in [4.69, 9.17) is 4.74 Å². The van der Waals surface area contributed by atoms with Gasteiger partial charge in [0.25, 0.3) is 5.91 Å². The number of Topliss-reactive ketones (excluding diaryl/α,β-unsaturated/α-hetero) is 2. The Balaban J connectivity index is 2.07. The van der Waals surface area contributed by atoms with Crippen LogP contribution in [0.5, 0.6) is 0 Å². The number of carbonyl (C=O) groups is 4. The van der Waals surface area contributed by atoms with E-state index in [2.05, 4.69) is 0 Å². The lowest BCUT2D eigenvalue weighted by atomic mass is 9.55. The highest BCUT2D eigenvalue weighted by atomic mass is 16.5. The van der Waals surface area contributed by atoms with Gasteiger partial charge < -0.3 is 4.74 Å². The van der Waals surface area contributed by atoms with Crippen LogP contribution in [0.15, 0.2) is 72.8 Å². The lowest BCUT2D eigenvalue weighted by Gasteiger charge is -2.48. The number of para-hydroxylation sites is 1. The molecule has 4 rings (SSSR count). The zero-order chi connectivity index (χ0) is 22.2. The standard InChI is InChI=1S/C25H23NO5/c1-3-31-23(30)24-16-10-11-17(2)25(24,20(27)18-12-6-4-7-13-18)21(28)22(29)26(24)19-14-8-5-9-15-19/h4-15,17H,3,16H2,1-2H3/t17-,24+,25+/m1/s1. The first kappa shape index (κ1) is 20.7. The Morgan fingerprint density at radius 2 is 1.65 bits per heavy atom. The van der Waals surface area contributed by atoms with E-state index >= 15 is 0 Å². The fraction of sp³-hybridized carbons (Fsp3) is 0.280. The van der Waals surface area contributed by atoms with Crippen LogP contribution in [0.1, 0.15) is 30.6 Å². The molecule has 1 amide bonds. The molecule has 3 atom stereocenters. The Morgan fingerprint density at radius 3 is 2.26 bits per heavy atom. The minimum absolute atomic E-state index is 0.00111. The first-order valence-electron chi connectivity index (χ1n) is 10.3. The molecule has 31 heavy (non-hydrogen) atoms. The number of amides is 1. The van der Waals surface area contributed by atoms with Gasteiger partial charge in [-0.15, -0.1) is 0 Å². The van der Waals surface area contributed by atoms with Crippen molar-refractivity contribution in [2.75, 3.05) is 11.5 Å². The second-order valence-electron chi connectivity index (χ2n) is 7.81. The van der Waals surface area contributed by atoms with E-state index in [1.165, 1.54) is 4.90 Å². The summed E-state index contributed by atoms with van der Waals surface area (Å²) in [6, 6.07) is 16.8. The molecule has 1 saturated heterocycles. The summed E-state index contributed by atoms with van der Waals surface area (Å²) < 4.78 is 5.42. The Morgan fingerprint density at radius 1 is 1.03 bits per heavy atom. The molecule has 158 valence electrons. The van der Waals surface area contributed by atoms with Gasteiger partial charge in [-0.1, -0.05) is 67.6 Å². The lowest BCUT2D eigenvalue weighted by Crippen LogP contribution is -2.67. The molecule has 2 aromatic carbocycles. The van der Waals surface area contributed by atoms with Crippen molar-refractivity contribution in [1.82, 2.24) is 0 Å². The molecule has 2 aromatic rings. The summed E-state index contributed by atoms with van der Waals surface area (Å²) in [5.41, 5.74) is -3.09. The Kier molecular flexibility index (Phi) is 5.09. The molecule has 1 aliphatic carbocycles. The van der Waals surface area contributed by atoms with Crippen molar-refractivity contribution in [2.24, 2.45) is 11.3 Å². The first-order chi connectivity index (χ1) is 14.9. The number of ketones is 2. The van der Waals surface area contributed by atoms with Crippen molar-refractivity contribution in [2.45, 2.75) is 25.8 Å². The van der Waals surface area contributed by atoms with Gasteiger partial charge in [0.15, 0.2) is 11.3 Å². The smallest absolute Gasteiger partial charge is 0.334 e. The quantitative estimate of drug-likeness (QED) is 0.245. The predicted molar refractivity (Wildman–Crippen MR) is 114 cm³/mol. The van der Waals surface area contributed by atoms with Crippen LogP contribution in [0.4, 0.5) is 5.69 Å². The Hall–Kier alpha value is -3.54. The van der Waals surface area contributed by atoms with E-state index in [1.807, 2.05) is 0 Å². The van der Waals surface area contributed by atoms with Crippen molar-refractivity contribution in [3.8, 4) is 0 Å². The number of fused-ring (bicyclic) bond motifs is 1. The second-order valence-corrected chi connectivity index (χ2v) is 7.81. The largest absolute Gasteiger partial charge is 0.464 e. The van der Waals surface area contributed by atoms with E-state index in [0.29, 0.717) is 5.69 Å². The Bertz CT molecular complexity index is 1080. The Labute approximate surface area is 180 Å². The molecule has 1 heterocycles. The van der Waals surface area contributed by atoms with Crippen molar-refractivity contribution in [3.63, 3.8) is 0 Å². The average molecular weight is 417 g/mol. The molecule has 0 saturated carbocycles. The maximum Gasteiger partial charge on any atom is 0.334 e. The molecule has 0 unspecified atom stereocenters. The van der Waals surface area contributed by atoms with Crippen LogP contribution in [0.3, 0.4) is 0 Å². The topological polar surface area (TPSA) is 80.8 Å². The summed E-state index contributed by atoms with van der Waals surface area (Å²) in [4.78, 5) is 56.0. The van der Waals surface area contributed by atoms with Gasteiger partial charge >= 0.3 is 5.97 Å². The van der Waals surface area contributed by atoms with Crippen LogP contribution in [0.25, 0.3) is 0 Å². The van der Waals surface area contributed by atoms with Gasteiger partial charge in [0, 0.05) is 17.7 Å². The zero-order valence-corrected chi connectivity index (χ0v) is 17.4. The van der Waals surface area contributed by atoms with Gasteiger partial charge in [0.2, 0.25) is 5.78 Å². The predicted octanol–water partition coefficient (Wildman–Crippen LogP) is 3.37. The third kappa shape index (κ3) is 2.64. The van der Waals surface area contributed by atoms with Crippen LogP contribution in [0.2, 0.25) is 0 Å². The number of rotatable bonds is 5. The van der Waals surface area contributed by atoms with E-state index in [9.17, 15) is 19.2 Å². The summed E-state index contributed by atoms with van der Waals surface area (Å²) in [5.74, 6) is -3.74. The van der Waals surface area contributed by atoms with E-state index in [0.717, 1.165) is 0 Å². The number of hydrogen-bond donors (Lipinski definition) is 0.